The van der Waals surface area contributed by atoms with E-state index in [4.69, 9.17) is 9.31 Å². The first-order chi connectivity index (χ1) is 10.5. The number of rotatable bonds is 2. The van der Waals surface area contributed by atoms with Crippen molar-refractivity contribution in [3.8, 4) is 0 Å². The Morgan fingerprint density at radius 3 is 1.74 bits per heavy atom. The summed E-state index contributed by atoms with van der Waals surface area (Å²) in [6.07, 6.45) is 2.30. The Labute approximate surface area is 134 Å². The lowest BCUT2D eigenvalue weighted by molar-refractivity contribution is -0.0388. The van der Waals surface area contributed by atoms with Crippen LogP contribution in [0.1, 0.15) is 52.5 Å². The first kappa shape index (κ1) is 15.5. The van der Waals surface area contributed by atoms with Gasteiger partial charge in [-0.1, -0.05) is 0 Å². The van der Waals surface area contributed by atoms with Crippen molar-refractivity contribution in [1.82, 2.24) is 0 Å². The highest BCUT2D eigenvalue weighted by molar-refractivity contribution is 6.51. The first-order valence-electron chi connectivity index (χ1n) is 8.01. The normalized spacial score (nSPS) is 36.6. The molecule has 6 heteroatoms. The van der Waals surface area contributed by atoms with E-state index in [9.17, 15) is 13.2 Å². The molecule has 1 saturated heterocycles. The van der Waals surface area contributed by atoms with Gasteiger partial charge in [0.15, 0.2) is 17.5 Å². The van der Waals surface area contributed by atoms with Gasteiger partial charge in [0, 0.05) is 5.31 Å². The lowest BCUT2D eigenvalue weighted by atomic mass is 9.23. The number of benzene rings is 1. The smallest absolute Gasteiger partial charge is 0.403 e. The van der Waals surface area contributed by atoms with Gasteiger partial charge >= 0.3 is 7.12 Å². The molecule has 1 aromatic rings. The van der Waals surface area contributed by atoms with E-state index in [2.05, 4.69) is 0 Å². The monoisotopic (exact) mass is 324 g/mol. The zero-order valence-corrected chi connectivity index (χ0v) is 13.8. The molecule has 1 aliphatic heterocycles. The predicted molar refractivity (Wildman–Crippen MR) is 80.6 cm³/mol. The topological polar surface area (TPSA) is 18.5 Å². The van der Waals surface area contributed by atoms with E-state index in [0.717, 1.165) is 31.4 Å². The standard InChI is InChI=1S/C17H20BF3O2/c1-14(2)15(3,4)23-18(22-14)17-7-16(8-17,9-17)10-5-11(19)13(21)12(20)6-10/h5-6H,7-9H2,1-4H3. The van der Waals surface area contributed by atoms with Crippen LogP contribution in [0.4, 0.5) is 13.2 Å². The molecule has 0 atom stereocenters. The van der Waals surface area contributed by atoms with Gasteiger partial charge in [-0.05, 0) is 70.1 Å². The van der Waals surface area contributed by atoms with Crippen LogP contribution in [-0.4, -0.2) is 18.3 Å². The Morgan fingerprint density at radius 1 is 0.870 bits per heavy atom. The maximum absolute atomic E-state index is 13.5. The molecule has 23 heavy (non-hydrogen) atoms. The first-order valence-corrected chi connectivity index (χ1v) is 8.01. The summed E-state index contributed by atoms with van der Waals surface area (Å²) < 4.78 is 52.4. The van der Waals surface area contributed by atoms with Crippen LogP contribution < -0.4 is 0 Å². The Balaban J connectivity index is 1.54. The second kappa shape index (κ2) is 4.15. The van der Waals surface area contributed by atoms with Crippen molar-refractivity contribution in [1.29, 1.82) is 0 Å². The second-order valence-electron chi connectivity index (χ2n) is 8.52. The summed E-state index contributed by atoms with van der Waals surface area (Å²) in [5.74, 6) is -3.63. The molecule has 0 aromatic heterocycles. The molecule has 0 unspecified atom stereocenters. The van der Waals surface area contributed by atoms with E-state index >= 15 is 0 Å². The molecule has 0 amide bonds. The van der Waals surface area contributed by atoms with Gasteiger partial charge in [-0.2, -0.15) is 0 Å². The zero-order chi connectivity index (χ0) is 16.8. The molecule has 124 valence electrons. The van der Waals surface area contributed by atoms with Gasteiger partial charge in [0.2, 0.25) is 0 Å². The fourth-order valence-electron chi connectivity index (χ4n) is 4.38. The Kier molecular flexibility index (Phi) is 2.80. The van der Waals surface area contributed by atoms with Crippen LogP contribution in [0.5, 0.6) is 0 Å². The van der Waals surface area contributed by atoms with E-state index in [1.807, 2.05) is 27.7 Å². The lowest BCUT2D eigenvalue weighted by Crippen LogP contribution is -2.66. The third-order valence-corrected chi connectivity index (χ3v) is 6.42. The Bertz CT molecular complexity index is 642. The average molecular weight is 324 g/mol. The molecular weight excluding hydrogens is 304 g/mol. The molecule has 0 N–H and O–H groups in total. The number of hydrogen-bond acceptors (Lipinski definition) is 2. The van der Waals surface area contributed by atoms with E-state index in [1.54, 1.807) is 0 Å². The number of hydrogen-bond donors (Lipinski definition) is 0. The molecule has 2 nitrogen and oxygen atoms in total. The highest BCUT2D eigenvalue weighted by Crippen LogP contribution is 2.80. The molecule has 0 spiro atoms. The summed E-state index contributed by atoms with van der Waals surface area (Å²) in [7, 11) is -0.287. The summed E-state index contributed by atoms with van der Waals surface area (Å²) in [5, 5.41) is -0.0770. The van der Waals surface area contributed by atoms with E-state index in [1.165, 1.54) is 0 Å². The molecule has 3 aliphatic carbocycles. The molecule has 5 rings (SSSR count). The highest BCUT2D eigenvalue weighted by atomic mass is 19.2. The van der Waals surface area contributed by atoms with Gasteiger partial charge in [-0.15, -0.1) is 0 Å². The molecule has 4 fully saturated rings. The number of halogens is 3. The van der Waals surface area contributed by atoms with Crippen molar-refractivity contribution in [2.75, 3.05) is 0 Å². The fourth-order valence-corrected chi connectivity index (χ4v) is 4.38. The minimum atomic E-state index is -1.40. The molecule has 0 radical (unpaired) electrons. The van der Waals surface area contributed by atoms with Crippen LogP contribution in [-0.2, 0) is 14.7 Å². The fraction of sp³-hybridized carbons (Fsp3) is 0.647. The Hall–Kier alpha value is -1.01. The van der Waals surface area contributed by atoms with Crippen LogP contribution in [0.3, 0.4) is 0 Å². The second-order valence-corrected chi connectivity index (χ2v) is 8.52. The lowest BCUT2D eigenvalue weighted by Gasteiger charge is -2.71. The van der Waals surface area contributed by atoms with Crippen LogP contribution in [0.15, 0.2) is 12.1 Å². The van der Waals surface area contributed by atoms with Crippen LogP contribution >= 0.6 is 0 Å². The summed E-state index contributed by atoms with van der Waals surface area (Å²) in [6, 6.07) is 2.26. The predicted octanol–water partition coefficient (Wildman–Crippen LogP) is 4.37. The van der Waals surface area contributed by atoms with Crippen molar-refractivity contribution >= 4 is 7.12 Å². The van der Waals surface area contributed by atoms with Crippen molar-refractivity contribution in [2.24, 2.45) is 0 Å². The average Bonchev–Trinajstić information content (AvgIpc) is 2.51. The minimum Gasteiger partial charge on any atom is -0.403 e. The van der Waals surface area contributed by atoms with Crippen LogP contribution in [0, 0.1) is 17.5 Å². The zero-order valence-electron chi connectivity index (χ0n) is 13.8. The molecule has 1 aromatic carbocycles. The third kappa shape index (κ3) is 1.85. The summed E-state index contributed by atoms with van der Waals surface area (Å²) in [4.78, 5) is 0. The van der Waals surface area contributed by atoms with E-state index in [0.29, 0.717) is 5.56 Å². The van der Waals surface area contributed by atoms with E-state index in [-0.39, 0.29) is 29.0 Å². The molecule has 2 bridgehead atoms. The van der Waals surface area contributed by atoms with Gasteiger partial charge in [-0.25, -0.2) is 13.2 Å². The largest absolute Gasteiger partial charge is 0.464 e. The quantitative estimate of drug-likeness (QED) is 0.594. The maximum Gasteiger partial charge on any atom is 0.464 e. The molecule has 3 saturated carbocycles. The van der Waals surface area contributed by atoms with Crippen molar-refractivity contribution in [3.63, 3.8) is 0 Å². The summed E-state index contributed by atoms with van der Waals surface area (Å²) in [6.45, 7) is 8.05. The molecule has 1 heterocycles. The van der Waals surface area contributed by atoms with Crippen LogP contribution in [0.25, 0.3) is 0 Å². The van der Waals surface area contributed by atoms with Gasteiger partial charge < -0.3 is 9.31 Å². The molecular formula is C17H20BF3O2. The third-order valence-electron chi connectivity index (χ3n) is 6.42. The summed E-state index contributed by atoms with van der Waals surface area (Å²) >= 11 is 0. The Morgan fingerprint density at radius 2 is 1.30 bits per heavy atom. The SMILES string of the molecule is CC1(C)OB(C23CC(c4cc(F)c(F)c(F)c4)(C2)C3)OC1(C)C. The van der Waals surface area contributed by atoms with Gasteiger partial charge in [-0.3, -0.25) is 0 Å². The van der Waals surface area contributed by atoms with E-state index < -0.39 is 17.5 Å². The van der Waals surface area contributed by atoms with Crippen LogP contribution in [0.2, 0.25) is 5.31 Å². The van der Waals surface area contributed by atoms with Gasteiger partial charge in [0.25, 0.3) is 0 Å². The van der Waals surface area contributed by atoms with Crippen molar-refractivity contribution < 1.29 is 22.5 Å². The van der Waals surface area contributed by atoms with Gasteiger partial charge in [0.05, 0.1) is 11.2 Å². The summed E-state index contributed by atoms with van der Waals surface area (Å²) in [5.41, 5.74) is -0.464. The maximum atomic E-state index is 13.5. The highest BCUT2D eigenvalue weighted by Gasteiger charge is 2.76. The van der Waals surface area contributed by atoms with Crippen molar-refractivity contribution in [2.45, 2.75) is 68.9 Å². The van der Waals surface area contributed by atoms with Gasteiger partial charge in [0.1, 0.15) is 0 Å². The molecule has 4 aliphatic rings. The van der Waals surface area contributed by atoms with Crippen molar-refractivity contribution in [3.05, 3.63) is 35.1 Å². The minimum absolute atomic E-state index is 0.0770.